The summed E-state index contributed by atoms with van der Waals surface area (Å²) in [7, 11) is 1.53. The molecule has 20 heavy (non-hydrogen) atoms. The van der Waals surface area contributed by atoms with E-state index in [0.29, 0.717) is 24.5 Å². The number of primary amides is 1. The van der Waals surface area contributed by atoms with Crippen LogP contribution in [0.3, 0.4) is 0 Å². The number of rotatable bonds is 9. The first-order valence-electron chi connectivity index (χ1n) is 6.17. The topological polar surface area (TPSA) is 93.8 Å². The molecule has 0 saturated heterocycles. The quantitative estimate of drug-likeness (QED) is 0.575. The Hall–Kier alpha value is -1.31. The minimum absolute atomic E-state index is 0.164. The molecule has 112 valence electrons. The highest BCUT2D eigenvalue weighted by atomic mass is 79.9. The molecule has 0 spiro atoms. The molecule has 1 aromatic rings. The van der Waals surface area contributed by atoms with E-state index >= 15 is 0 Å². The van der Waals surface area contributed by atoms with Crippen LogP contribution in [0.25, 0.3) is 0 Å². The molecule has 0 aromatic heterocycles. The zero-order valence-electron chi connectivity index (χ0n) is 11.3. The Kier molecular flexibility index (Phi) is 7.35. The van der Waals surface area contributed by atoms with Gasteiger partial charge in [-0.15, -0.1) is 0 Å². The standard InChI is InChI=1S/C13H19BrN2O4/c1-19-11-5-9(7-16-3-2-4-17)10(14)6-12(11)20-8-13(15)18/h5-6,16-17H,2-4,7-8H2,1H3,(H2,15,18). The predicted octanol–water partition coefficient (Wildman–Crippen LogP) is 0.794. The van der Waals surface area contributed by atoms with Crippen molar-refractivity contribution in [2.24, 2.45) is 5.73 Å². The molecule has 0 fully saturated rings. The smallest absolute Gasteiger partial charge is 0.255 e. The third-order valence-corrected chi connectivity index (χ3v) is 3.27. The molecule has 1 rings (SSSR count). The fourth-order valence-electron chi connectivity index (χ4n) is 1.56. The summed E-state index contributed by atoms with van der Waals surface area (Å²) >= 11 is 3.45. The fourth-order valence-corrected chi connectivity index (χ4v) is 2.02. The van der Waals surface area contributed by atoms with Crippen molar-refractivity contribution in [2.75, 3.05) is 26.9 Å². The largest absolute Gasteiger partial charge is 0.493 e. The van der Waals surface area contributed by atoms with Crippen molar-refractivity contribution in [3.05, 3.63) is 22.2 Å². The number of amides is 1. The van der Waals surface area contributed by atoms with E-state index in [1.54, 1.807) is 6.07 Å². The monoisotopic (exact) mass is 346 g/mol. The highest BCUT2D eigenvalue weighted by molar-refractivity contribution is 9.10. The Labute approximate surface area is 126 Å². The predicted molar refractivity (Wildman–Crippen MR) is 78.8 cm³/mol. The van der Waals surface area contributed by atoms with Gasteiger partial charge in [-0.1, -0.05) is 15.9 Å². The highest BCUT2D eigenvalue weighted by Gasteiger charge is 2.11. The van der Waals surface area contributed by atoms with Gasteiger partial charge in [0.25, 0.3) is 5.91 Å². The summed E-state index contributed by atoms with van der Waals surface area (Å²) in [5.74, 6) is 0.448. The number of carbonyl (C=O) groups is 1. The average Bonchev–Trinajstić information content (AvgIpc) is 2.42. The minimum Gasteiger partial charge on any atom is -0.493 e. The summed E-state index contributed by atoms with van der Waals surface area (Å²) in [6.07, 6.45) is 0.703. The first-order valence-corrected chi connectivity index (χ1v) is 6.97. The number of nitrogens with two attached hydrogens (primary N) is 1. The number of benzene rings is 1. The van der Waals surface area contributed by atoms with Crippen LogP contribution in [0.5, 0.6) is 11.5 Å². The van der Waals surface area contributed by atoms with Gasteiger partial charge in [0.05, 0.1) is 7.11 Å². The normalized spacial score (nSPS) is 10.3. The van der Waals surface area contributed by atoms with Crippen molar-refractivity contribution in [1.82, 2.24) is 5.32 Å². The van der Waals surface area contributed by atoms with Crippen LogP contribution < -0.4 is 20.5 Å². The van der Waals surface area contributed by atoms with Crippen molar-refractivity contribution in [1.29, 1.82) is 0 Å². The van der Waals surface area contributed by atoms with Gasteiger partial charge in [-0.2, -0.15) is 0 Å². The third kappa shape index (κ3) is 5.36. The second-order valence-corrected chi connectivity index (χ2v) is 4.96. The van der Waals surface area contributed by atoms with Gasteiger partial charge in [-0.3, -0.25) is 4.79 Å². The summed E-state index contributed by atoms with van der Waals surface area (Å²) < 4.78 is 11.4. The van der Waals surface area contributed by atoms with Crippen molar-refractivity contribution in [3.8, 4) is 11.5 Å². The maximum absolute atomic E-state index is 10.7. The molecule has 7 heteroatoms. The first-order chi connectivity index (χ1) is 9.58. The number of ether oxygens (including phenoxy) is 2. The van der Waals surface area contributed by atoms with Gasteiger partial charge in [-0.25, -0.2) is 0 Å². The molecular formula is C13H19BrN2O4. The fraction of sp³-hybridized carbons (Fsp3) is 0.462. The number of aliphatic hydroxyl groups excluding tert-OH is 1. The second-order valence-electron chi connectivity index (χ2n) is 4.10. The van der Waals surface area contributed by atoms with Crippen LogP contribution in [0.2, 0.25) is 0 Å². The molecule has 0 unspecified atom stereocenters. The molecule has 0 heterocycles. The van der Waals surface area contributed by atoms with Crippen molar-refractivity contribution < 1.29 is 19.4 Å². The number of halogens is 1. The first kappa shape index (κ1) is 16.7. The SMILES string of the molecule is COc1cc(CNCCCO)c(Br)cc1OCC(N)=O. The van der Waals surface area contributed by atoms with Crippen LogP contribution in [0.1, 0.15) is 12.0 Å². The zero-order chi connectivity index (χ0) is 15.0. The number of carbonyl (C=O) groups excluding carboxylic acids is 1. The Balaban J connectivity index is 2.75. The van der Waals surface area contributed by atoms with Crippen LogP contribution in [-0.4, -0.2) is 37.9 Å². The van der Waals surface area contributed by atoms with Gasteiger partial charge in [0.1, 0.15) is 0 Å². The number of aliphatic hydroxyl groups is 1. The van der Waals surface area contributed by atoms with Crippen LogP contribution in [0, 0.1) is 0 Å². The van der Waals surface area contributed by atoms with E-state index in [1.807, 2.05) is 6.07 Å². The molecule has 0 aliphatic rings. The lowest BCUT2D eigenvalue weighted by molar-refractivity contribution is -0.119. The average molecular weight is 347 g/mol. The van der Waals surface area contributed by atoms with E-state index in [9.17, 15) is 4.79 Å². The van der Waals surface area contributed by atoms with Crippen LogP contribution >= 0.6 is 15.9 Å². The van der Waals surface area contributed by atoms with Gasteiger partial charge >= 0.3 is 0 Å². The van der Waals surface area contributed by atoms with E-state index in [-0.39, 0.29) is 13.2 Å². The van der Waals surface area contributed by atoms with E-state index in [0.717, 1.165) is 16.6 Å². The van der Waals surface area contributed by atoms with E-state index in [2.05, 4.69) is 21.2 Å². The summed E-state index contributed by atoms with van der Waals surface area (Å²) in [5.41, 5.74) is 6.04. The van der Waals surface area contributed by atoms with Gasteiger partial charge in [-0.05, 0) is 30.7 Å². The van der Waals surface area contributed by atoms with Gasteiger partial charge in [0, 0.05) is 17.6 Å². The Morgan fingerprint density at radius 1 is 1.45 bits per heavy atom. The summed E-state index contributed by atoms with van der Waals surface area (Å²) in [5, 5.41) is 11.9. The highest BCUT2D eigenvalue weighted by Crippen LogP contribution is 2.33. The van der Waals surface area contributed by atoms with Crippen LogP contribution in [-0.2, 0) is 11.3 Å². The molecule has 6 nitrogen and oxygen atoms in total. The number of hydrogen-bond donors (Lipinski definition) is 3. The maximum Gasteiger partial charge on any atom is 0.255 e. The summed E-state index contributed by atoms with van der Waals surface area (Å²) in [6, 6.07) is 3.57. The molecule has 0 aliphatic carbocycles. The Morgan fingerprint density at radius 3 is 2.80 bits per heavy atom. The van der Waals surface area contributed by atoms with Crippen LogP contribution in [0.15, 0.2) is 16.6 Å². The third-order valence-electron chi connectivity index (χ3n) is 2.53. The molecule has 0 saturated carbocycles. The second kappa shape index (κ2) is 8.78. The molecule has 0 aliphatic heterocycles. The summed E-state index contributed by atoms with van der Waals surface area (Å²) in [4.78, 5) is 10.7. The molecule has 1 aromatic carbocycles. The molecule has 0 bridgehead atoms. The van der Waals surface area contributed by atoms with E-state index in [1.165, 1.54) is 7.11 Å². The molecule has 0 radical (unpaired) electrons. The van der Waals surface area contributed by atoms with Crippen molar-refractivity contribution in [3.63, 3.8) is 0 Å². The Bertz CT molecular complexity index is 454. The minimum atomic E-state index is -0.544. The Morgan fingerprint density at radius 2 is 2.20 bits per heavy atom. The van der Waals surface area contributed by atoms with Crippen molar-refractivity contribution >= 4 is 21.8 Å². The lowest BCUT2D eigenvalue weighted by atomic mass is 10.2. The van der Waals surface area contributed by atoms with Gasteiger partial charge in [0.15, 0.2) is 18.1 Å². The number of methoxy groups -OCH3 is 1. The molecule has 1 amide bonds. The number of nitrogens with one attached hydrogen (secondary N) is 1. The molecular weight excluding hydrogens is 328 g/mol. The zero-order valence-corrected chi connectivity index (χ0v) is 12.9. The van der Waals surface area contributed by atoms with Gasteiger partial charge in [0.2, 0.25) is 0 Å². The van der Waals surface area contributed by atoms with Crippen molar-refractivity contribution in [2.45, 2.75) is 13.0 Å². The summed E-state index contributed by atoms with van der Waals surface area (Å²) in [6.45, 7) is 1.33. The lowest BCUT2D eigenvalue weighted by Gasteiger charge is -2.13. The van der Waals surface area contributed by atoms with Gasteiger partial charge < -0.3 is 25.6 Å². The lowest BCUT2D eigenvalue weighted by Crippen LogP contribution is -2.20. The molecule has 4 N–H and O–H groups in total. The van der Waals surface area contributed by atoms with E-state index < -0.39 is 5.91 Å². The van der Waals surface area contributed by atoms with Crippen LogP contribution in [0.4, 0.5) is 0 Å². The van der Waals surface area contributed by atoms with E-state index in [4.69, 9.17) is 20.3 Å². The number of hydrogen-bond acceptors (Lipinski definition) is 5. The maximum atomic E-state index is 10.7. The molecule has 0 atom stereocenters.